The summed E-state index contributed by atoms with van der Waals surface area (Å²) in [6.07, 6.45) is 3.04. The Morgan fingerprint density at radius 1 is 1.17 bits per heavy atom. The van der Waals surface area contributed by atoms with Gasteiger partial charge in [0.2, 0.25) is 0 Å². The highest BCUT2D eigenvalue weighted by Gasteiger charge is 2.31. The second-order valence-corrected chi connectivity index (χ2v) is 8.00. The Bertz CT molecular complexity index is 1120. The number of piperidine rings is 1. The van der Waals surface area contributed by atoms with E-state index in [2.05, 4.69) is 10.1 Å². The predicted octanol–water partition coefficient (Wildman–Crippen LogP) is 4.37. The lowest BCUT2D eigenvalue weighted by molar-refractivity contribution is 0.0589. The van der Waals surface area contributed by atoms with Crippen molar-refractivity contribution >= 4 is 17.0 Å². The van der Waals surface area contributed by atoms with Gasteiger partial charge < -0.3 is 14.2 Å². The van der Waals surface area contributed by atoms with Gasteiger partial charge in [-0.05, 0) is 38.0 Å². The van der Waals surface area contributed by atoms with Crippen LogP contribution in [0.2, 0.25) is 0 Å². The summed E-state index contributed by atoms with van der Waals surface area (Å²) in [6.45, 7) is 2.77. The zero-order chi connectivity index (χ0) is 20.8. The van der Waals surface area contributed by atoms with E-state index in [4.69, 9.17) is 9.26 Å². The number of nitrogens with zero attached hydrogens (tertiary/aromatic N) is 3. The molecule has 2 fully saturated rings. The number of halogens is 2. The minimum absolute atomic E-state index is 0.0335. The van der Waals surface area contributed by atoms with Crippen LogP contribution in [0, 0.1) is 18.6 Å². The first kappa shape index (κ1) is 19.0. The van der Waals surface area contributed by atoms with E-state index in [9.17, 15) is 13.6 Å². The molecule has 6 nitrogen and oxygen atoms in total. The van der Waals surface area contributed by atoms with Gasteiger partial charge in [-0.3, -0.25) is 4.79 Å². The van der Waals surface area contributed by atoms with E-state index in [1.807, 2.05) is 6.07 Å². The summed E-state index contributed by atoms with van der Waals surface area (Å²) in [5.41, 5.74) is 2.51. The van der Waals surface area contributed by atoms with E-state index in [-0.39, 0.29) is 17.8 Å². The molecule has 3 heterocycles. The smallest absolute Gasteiger partial charge is 0.259 e. The molecule has 1 amide bonds. The fourth-order valence-corrected chi connectivity index (χ4v) is 3.97. The van der Waals surface area contributed by atoms with E-state index < -0.39 is 11.6 Å². The maximum Gasteiger partial charge on any atom is 0.259 e. The molecule has 0 atom stereocenters. The van der Waals surface area contributed by atoms with Crippen LogP contribution in [-0.4, -0.2) is 40.1 Å². The topological polar surface area (TPSA) is 68.5 Å². The summed E-state index contributed by atoms with van der Waals surface area (Å²) < 4.78 is 37.9. The van der Waals surface area contributed by atoms with Crippen LogP contribution >= 0.6 is 0 Å². The Morgan fingerprint density at radius 2 is 1.93 bits per heavy atom. The average Bonchev–Trinajstić information content (AvgIpc) is 3.53. The molecule has 0 bridgehead atoms. The molecule has 8 heteroatoms. The standard InChI is InChI=1S/C22H21F2N3O3/c1-12-20-16(11-18(13-2-3-13)25-21(20)30-26-12)22(28)27-8-6-15(7-9-27)29-19-5-4-14(23)10-17(19)24/h4-5,10-11,13,15H,2-3,6-9H2,1H3. The molecule has 0 radical (unpaired) electrons. The van der Waals surface area contributed by atoms with Crippen molar-refractivity contribution in [2.75, 3.05) is 13.1 Å². The molecule has 1 aromatic carbocycles. The lowest BCUT2D eigenvalue weighted by Gasteiger charge is -2.32. The molecule has 1 aliphatic heterocycles. The molecule has 5 rings (SSSR count). The summed E-state index contributed by atoms with van der Waals surface area (Å²) in [5, 5.41) is 4.65. The molecule has 2 aromatic heterocycles. The zero-order valence-corrected chi connectivity index (χ0v) is 16.5. The van der Waals surface area contributed by atoms with Crippen LogP contribution in [0.3, 0.4) is 0 Å². The quantitative estimate of drug-likeness (QED) is 0.635. The van der Waals surface area contributed by atoms with E-state index in [1.54, 1.807) is 11.8 Å². The lowest BCUT2D eigenvalue weighted by Crippen LogP contribution is -2.42. The van der Waals surface area contributed by atoms with Gasteiger partial charge >= 0.3 is 0 Å². The van der Waals surface area contributed by atoms with Crippen molar-refractivity contribution in [2.45, 2.75) is 44.6 Å². The van der Waals surface area contributed by atoms with E-state index >= 15 is 0 Å². The number of amides is 1. The lowest BCUT2D eigenvalue weighted by atomic mass is 10.0. The Labute approximate surface area is 171 Å². The molecule has 1 saturated carbocycles. The van der Waals surface area contributed by atoms with Gasteiger partial charge in [0.15, 0.2) is 11.6 Å². The molecule has 0 spiro atoms. The highest BCUT2D eigenvalue weighted by atomic mass is 19.1. The molecule has 156 valence electrons. The molecule has 1 aliphatic carbocycles. The van der Waals surface area contributed by atoms with Gasteiger partial charge in [-0.15, -0.1) is 0 Å². The van der Waals surface area contributed by atoms with Gasteiger partial charge in [0.05, 0.1) is 16.6 Å². The molecular weight excluding hydrogens is 392 g/mol. The molecule has 30 heavy (non-hydrogen) atoms. The number of pyridine rings is 1. The first-order chi connectivity index (χ1) is 14.5. The minimum Gasteiger partial charge on any atom is -0.487 e. The van der Waals surface area contributed by atoms with Crippen molar-refractivity contribution in [2.24, 2.45) is 0 Å². The molecule has 2 aliphatic rings. The predicted molar refractivity (Wildman–Crippen MR) is 104 cm³/mol. The van der Waals surface area contributed by atoms with Gasteiger partial charge in [-0.2, -0.15) is 0 Å². The van der Waals surface area contributed by atoms with Crippen molar-refractivity contribution in [3.05, 3.63) is 52.9 Å². The van der Waals surface area contributed by atoms with Crippen molar-refractivity contribution in [3.8, 4) is 5.75 Å². The fraction of sp³-hybridized carbons (Fsp3) is 0.409. The zero-order valence-electron chi connectivity index (χ0n) is 16.5. The summed E-state index contributed by atoms with van der Waals surface area (Å²) in [4.78, 5) is 19.6. The van der Waals surface area contributed by atoms with Gasteiger partial charge in [-0.25, -0.2) is 13.8 Å². The van der Waals surface area contributed by atoms with Crippen LogP contribution < -0.4 is 4.74 Å². The maximum atomic E-state index is 13.8. The number of carbonyl (C=O) groups excluding carboxylic acids is 1. The Balaban J connectivity index is 1.32. The third-order valence-electron chi connectivity index (χ3n) is 5.78. The summed E-state index contributed by atoms with van der Waals surface area (Å²) >= 11 is 0. The second kappa shape index (κ2) is 7.34. The molecule has 0 N–H and O–H groups in total. The maximum absolute atomic E-state index is 13.8. The van der Waals surface area contributed by atoms with Gasteiger partial charge in [0.25, 0.3) is 11.6 Å². The van der Waals surface area contributed by atoms with E-state index in [0.29, 0.717) is 54.2 Å². The first-order valence-corrected chi connectivity index (χ1v) is 10.2. The van der Waals surface area contributed by atoms with Crippen molar-refractivity contribution in [3.63, 3.8) is 0 Å². The van der Waals surface area contributed by atoms with Gasteiger partial charge in [-0.1, -0.05) is 5.16 Å². The Morgan fingerprint density at radius 3 is 2.63 bits per heavy atom. The largest absolute Gasteiger partial charge is 0.487 e. The van der Waals surface area contributed by atoms with Crippen LogP contribution in [0.1, 0.15) is 53.3 Å². The number of likely N-dealkylation sites (tertiary alicyclic amines) is 1. The number of aryl methyl sites for hydroxylation is 1. The third-order valence-corrected chi connectivity index (χ3v) is 5.78. The van der Waals surface area contributed by atoms with Crippen molar-refractivity contribution in [1.29, 1.82) is 0 Å². The van der Waals surface area contributed by atoms with Crippen LogP contribution in [0.4, 0.5) is 8.78 Å². The average molecular weight is 413 g/mol. The van der Waals surface area contributed by atoms with E-state index in [1.165, 1.54) is 12.1 Å². The van der Waals surface area contributed by atoms with Crippen LogP contribution in [0.5, 0.6) is 5.75 Å². The fourth-order valence-electron chi connectivity index (χ4n) is 3.97. The SMILES string of the molecule is Cc1noc2nc(C3CC3)cc(C(=O)N3CCC(Oc4ccc(F)cc4F)CC3)c12. The van der Waals surface area contributed by atoms with Crippen molar-refractivity contribution < 1.29 is 22.8 Å². The third kappa shape index (κ3) is 3.51. The normalized spacial score (nSPS) is 17.5. The minimum atomic E-state index is -0.719. The Hall–Kier alpha value is -3.03. The van der Waals surface area contributed by atoms with Gasteiger partial charge in [0, 0.05) is 43.6 Å². The monoisotopic (exact) mass is 413 g/mol. The van der Waals surface area contributed by atoms with Crippen LogP contribution in [0.15, 0.2) is 28.8 Å². The number of benzene rings is 1. The van der Waals surface area contributed by atoms with Crippen LogP contribution in [-0.2, 0) is 0 Å². The number of aromatic nitrogens is 2. The van der Waals surface area contributed by atoms with Crippen LogP contribution in [0.25, 0.3) is 11.1 Å². The number of hydrogen-bond acceptors (Lipinski definition) is 5. The Kier molecular flexibility index (Phi) is 4.64. The summed E-state index contributed by atoms with van der Waals surface area (Å²) in [6, 6.07) is 5.15. The first-order valence-electron chi connectivity index (χ1n) is 10.2. The number of fused-ring (bicyclic) bond motifs is 1. The van der Waals surface area contributed by atoms with Gasteiger partial charge in [0.1, 0.15) is 11.9 Å². The second-order valence-electron chi connectivity index (χ2n) is 8.00. The number of carbonyl (C=O) groups is 1. The van der Waals surface area contributed by atoms with E-state index in [0.717, 1.165) is 24.6 Å². The van der Waals surface area contributed by atoms with Crippen molar-refractivity contribution in [1.82, 2.24) is 15.0 Å². The molecule has 1 saturated heterocycles. The number of hydrogen-bond donors (Lipinski definition) is 0. The number of rotatable bonds is 4. The summed E-state index contributed by atoms with van der Waals surface area (Å²) in [5.74, 6) is -1.02. The highest BCUT2D eigenvalue weighted by molar-refractivity contribution is 6.06. The molecule has 3 aromatic rings. The molecular formula is C22H21F2N3O3. The summed E-state index contributed by atoms with van der Waals surface area (Å²) in [7, 11) is 0. The highest BCUT2D eigenvalue weighted by Crippen LogP contribution is 2.40. The molecule has 0 unspecified atom stereocenters. The number of ether oxygens (including phenoxy) is 1.